The largest absolute Gasteiger partial charge is 0.206 e. The van der Waals surface area contributed by atoms with E-state index in [2.05, 4.69) is 44.2 Å². The summed E-state index contributed by atoms with van der Waals surface area (Å²) in [6.45, 7) is 4.51. The minimum atomic E-state index is -0.0636. The third-order valence-electron chi connectivity index (χ3n) is 6.86. The van der Waals surface area contributed by atoms with Gasteiger partial charge in [0.25, 0.3) is 0 Å². The van der Waals surface area contributed by atoms with Crippen LogP contribution in [0.5, 0.6) is 0 Å². The van der Waals surface area contributed by atoms with Crippen LogP contribution in [-0.2, 0) is 6.42 Å². The average molecular weight is 395 g/mol. The molecule has 0 N–H and O–H groups in total. The van der Waals surface area contributed by atoms with Gasteiger partial charge in [-0.3, -0.25) is 0 Å². The summed E-state index contributed by atoms with van der Waals surface area (Å²) in [5, 5.41) is 0. The molecule has 29 heavy (non-hydrogen) atoms. The molecule has 2 aromatic carbocycles. The van der Waals surface area contributed by atoms with Crippen LogP contribution < -0.4 is 0 Å². The fourth-order valence-corrected chi connectivity index (χ4v) is 4.92. The Morgan fingerprint density at radius 3 is 2.14 bits per heavy atom. The molecular formula is C28H39F. The third kappa shape index (κ3) is 6.43. The Hall–Kier alpha value is -1.63. The molecule has 0 spiro atoms. The van der Waals surface area contributed by atoms with Crippen molar-refractivity contribution >= 4 is 0 Å². The van der Waals surface area contributed by atoms with Crippen molar-refractivity contribution in [2.24, 2.45) is 5.92 Å². The molecule has 0 radical (unpaired) electrons. The predicted octanol–water partition coefficient (Wildman–Crippen LogP) is 9.08. The van der Waals surface area contributed by atoms with Gasteiger partial charge in [-0.2, -0.15) is 0 Å². The molecule has 0 aliphatic heterocycles. The lowest BCUT2D eigenvalue weighted by atomic mass is 9.77. The van der Waals surface area contributed by atoms with E-state index in [0.29, 0.717) is 5.92 Å². The Bertz CT molecular complexity index is 722. The Labute approximate surface area is 177 Å². The number of rotatable bonds is 10. The molecule has 1 heteroatoms. The van der Waals surface area contributed by atoms with E-state index in [-0.39, 0.29) is 5.82 Å². The van der Waals surface area contributed by atoms with E-state index < -0.39 is 0 Å². The summed E-state index contributed by atoms with van der Waals surface area (Å²) < 4.78 is 14.9. The van der Waals surface area contributed by atoms with Crippen molar-refractivity contribution < 1.29 is 4.39 Å². The van der Waals surface area contributed by atoms with Crippen LogP contribution in [0.25, 0.3) is 11.1 Å². The molecule has 2 aromatic rings. The van der Waals surface area contributed by atoms with Crippen molar-refractivity contribution in [1.29, 1.82) is 0 Å². The quantitative estimate of drug-likeness (QED) is 0.352. The monoisotopic (exact) mass is 394 g/mol. The zero-order chi connectivity index (χ0) is 20.5. The van der Waals surface area contributed by atoms with Gasteiger partial charge < -0.3 is 0 Å². The highest BCUT2D eigenvalue weighted by Crippen LogP contribution is 2.38. The standard InChI is InChI=1S/C28H39F/c1-3-5-7-9-22-11-15-24(16-12-22)26-19-20-27(28(29)21-26)25-17-13-23(14-18-25)10-8-6-4-2/h13-14,17-22,24H,3-12,15-16H2,1-2H3/t22-,24-. The second-order valence-electron chi connectivity index (χ2n) is 9.11. The third-order valence-corrected chi connectivity index (χ3v) is 6.86. The summed E-state index contributed by atoms with van der Waals surface area (Å²) in [7, 11) is 0. The molecule has 3 rings (SSSR count). The molecule has 0 saturated heterocycles. The zero-order valence-corrected chi connectivity index (χ0v) is 18.6. The van der Waals surface area contributed by atoms with Crippen LogP contribution in [0.2, 0.25) is 0 Å². The molecule has 0 unspecified atom stereocenters. The van der Waals surface area contributed by atoms with Gasteiger partial charge >= 0.3 is 0 Å². The van der Waals surface area contributed by atoms with Crippen molar-refractivity contribution in [3.63, 3.8) is 0 Å². The van der Waals surface area contributed by atoms with Crippen LogP contribution in [0.3, 0.4) is 0 Å². The summed E-state index contributed by atoms with van der Waals surface area (Å²) in [5.74, 6) is 1.38. The second-order valence-corrected chi connectivity index (χ2v) is 9.11. The van der Waals surface area contributed by atoms with E-state index >= 15 is 0 Å². The summed E-state index contributed by atoms with van der Waals surface area (Å²) in [5.41, 5.74) is 4.29. The molecule has 0 aromatic heterocycles. The lowest BCUT2D eigenvalue weighted by molar-refractivity contribution is 0.302. The smallest absolute Gasteiger partial charge is 0.131 e. The maximum Gasteiger partial charge on any atom is 0.131 e. The van der Waals surface area contributed by atoms with Crippen LogP contribution in [0.4, 0.5) is 4.39 Å². The number of halogens is 1. The maximum atomic E-state index is 14.9. The molecule has 158 valence electrons. The lowest BCUT2D eigenvalue weighted by Gasteiger charge is -2.29. The Morgan fingerprint density at radius 1 is 0.793 bits per heavy atom. The number of unbranched alkanes of at least 4 members (excludes halogenated alkanes) is 4. The fraction of sp³-hybridized carbons (Fsp3) is 0.571. The van der Waals surface area contributed by atoms with E-state index in [1.165, 1.54) is 81.8 Å². The van der Waals surface area contributed by atoms with Crippen LogP contribution >= 0.6 is 0 Å². The van der Waals surface area contributed by atoms with Gasteiger partial charge in [0.05, 0.1) is 0 Å². The zero-order valence-electron chi connectivity index (χ0n) is 18.6. The molecular weight excluding hydrogens is 355 g/mol. The van der Waals surface area contributed by atoms with Crippen molar-refractivity contribution in [2.45, 2.75) is 96.8 Å². The van der Waals surface area contributed by atoms with Gasteiger partial charge in [0.1, 0.15) is 5.82 Å². The molecule has 0 nitrogen and oxygen atoms in total. The molecule has 1 aliphatic carbocycles. The second kappa shape index (κ2) is 11.5. The van der Waals surface area contributed by atoms with Crippen molar-refractivity contribution in [3.05, 3.63) is 59.4 Å². The first-order valence-corrected chi connectivity index (χ1v) is 12.1. The lowest BCUT2D eigenvalue weighted by Crippen LogP contribution is -2.13. The van der Waals surface area contributed by atoms with Crippen molar-refractivity contribution in [1.82, 2.24) is 0 Å². The van der Waals surface area contributed by atoms with E-state index in [4.69, 9.17) is 0 Å². The summed E-state index contributed by atoms with van der Waals surface area (Å²) in [6.07, 6.45) is 15.4. The van der Waals surface area contributed by atoms with E-state index in [0.717, 1.165) is 23.5 Å². The van der Waals surface area contributed by atoms with E-state index in [1.807, 2.05) is 12.1 Å². The Balaban J connectivity index is 1.58. The van der Waals surface area contributed by atoms with Gasteiger partial charge in [-0.25, -0.2) is 4.39 Å². The minimum absolute atomic E-state index is 0.0636. The first-order chi connectivity index (χ1) is 14.2. The van der Waals surface area contributed by atoms with Crippen molar-refractivity contribution in [3.8, 4) is 11.1 Å². The molecule has 0 heterocycles. The highest BCUT2D eigenvalue weighted by atomic mass is 19.1. The number of hydrogen-bond donors (Lipinski definition) is 0. The average Bonchev–Trinajstić information content (AvgIpc) is 2.75. The SMILES string of the molecule is CCCCCc1ccc(-c2ccc([C@H]3CC[C@H](CCCCC)CC3)cc2F)cc1. The normalized spacial score (nSPS) is 19.4. The maximum absolute atomic E-state index is 14.9. The molecule has 1 saturated carbocycles. The van der Waals surface area contributed by atoms with Gasteiger partial charge in [0.15, 0.2) is 0 Å². The fourth-order valence-electron chi connectivity index (χ4n) is 4.92. The first kappa shape index (κ1) is 22.1. The molecule has 0 amide bonds. The molecule has 0 atom stereocenters. The van der Waals surface area contributed by atoms with E-state index in [1.54, 1.807) is 0 Å². The number of aryl methyl sites for hydroxylation is 1. The van der Waals surface area contributed by atoms with Crippen LogP contribution in [0, 0.1) is 11.7 Å². The van der Waals surface area contributed by atoms with E-state index in [9.17, 15) is 4.39 Å². The first-order valence-electron chi connectivity index (χ1n) is 12.1. The van der Waals surface area contributed by atoms with Crippen LogP contribution in [-0.4, -0.2) is 0 Å². The van der Waals surface area contributed by atoms with Gasteiger partial charge in [-0.1, -0.05) is 88.8 Å². The molecule has 1 aliphatic rings. The Morgan fingerprint density at radius 2 is 1.48 bits per heavy atom. The highest BCUT2D eigenvalue weighted by molar-refractivity contribution is 5.65. The van der Waals surface area contributed by atoms with Gasteiger partial charge in [0, 0.05) is 5.56 Å². The summed E-state index contributed by atoms with van der Waals surface area (Å²) in [4.78, 5) is 0. The number of hydrogen-bond acceptors (Lipinski definition) is 0. The number of benzene rings is 2. The van der Waals surface area contributed by atoms with Gasteiger partial charge in [0.2, 0.25) is 0 Å². The summed E-state index contributed by atoms with van der Waals surface area (Å²) in [6, 6.07) is 14.5. The minimum Gasteiger partial charge on any atom is -0.206 e. The molecule has 0 bridgehead atoms. The van der Waals surface area contributed by atoms with Gasteiger partial charge in [-0.15, -0.1) is 0 Å². The van der Waals surface area contributed by atoms with Crippen LogP contribution in [0.1, 0.15) is 102 Å². The van der Waals surface area contributed by atoms with Gasteiger partial charge in [-0.05, 0) is 73.1 Å². The topological polar surface area (TPSA) is 0 Å². The van der Waals surface area contributed by atoms with Crippen molar-refractivity contribution in [2.75, 3.05) is 0 Å². The highest BCUT2D eigenvalue weighted by Gasteiger charge is 2.22. The Kier molecular flexibility index (Phi) is 8.77. The summed E-state index contributed by atoms with van der Waals surface area (Å²) >= 11 is 0. The predicted molar refractivity (Wildman–Crippen MR) is 124 cm³/mol. The van der Waals surface area contributed by atoms with Crippen LogP contribution in [0.15, 0.2) is 42.5 Å². The molecule has 1 fully saturated rings.